The number of hydrogen-bond donors (Lipinski definition) is 5. The zero-order valence-electron chi connectivity index (χ0n) is 73.1. The van der Waals surface area contributed by atoms with Crippen LogP contribution in [0.2, 0.25) is 0 Å². The average molecular weight is 1690 g/mol. The van der Waals surface area contributed by atoms with Crippen LogP contribution in [0.4, 0.5) is 0 Å². The van der Waals surface area contributed by atoms with E-state index in [1.54, 1.807) is 62.0 Å². The number of primary amides is 2. The molecule has 14 fully saturated rings. The van der Waals surface area contributed by atoms with Crippen LogP contribution < -0.4 is 11.5 Å². The minimum atomic E-state index is -0.618. The second-order valence-corrected chi connectivity index (χ2v) is 39.7. The largest absolute Gasteiger partial charge is 0.394 e. The van der Waals surface area contributed by atoms with Gasteiger partial charge in [-0.1, -0.05) is 85.5 Å². The fraction of sp³-hybridized carbons (Fsp3) is 0.822. The Labute approximate surface area is 712 Å². The molecule has 14 aliphatic rings. The standard InChI is InChI=1S/C15H24N2O3.C14H22N2O3.C13H21NO3.C13H21NO2S.C12H19NO2S.C12H19NO2.C11H17NO2/c1-10-5-7-15(8-6-10)9-17(14(15)20)12(13(16)19)4-3-11(2)18;1-10(17)5-6-11(12(15)18)16-9-14(13(16)19)7-3-2-4-8-14;1-9-3-5-13(6-4-9)8-14(12(13)17)11(7-15)10(2)16;1-9-3-5-13(6-4-9)8-14(12(13)16)11(7-17)10(2)15;1-9(14)10(7-16)13-8-12(11(13)15)5-3-2-4-6-12;1-9-3-5-12(6-4-9)8-13(11(12)15)7-10(2)14;1-9(13)7-12-8-11(10(12)14)5-3-2-4-6-11/h10,12H,3-9H2,1-2H3,(H2,16,19);11H,2-9H2,1H3,(H2,15,18);9,11,15H,3-8H2,1-2H3;9,11,17H,3-8H2,1-2H3;10,16H,2-8H2,1H3;9H,3-8H2,1-2H3;2-8H2,1H3. The van der Waals surface area contributed by atoms with Gasteiger partial charge in [-0.15, -0.1) is 0 Å². The Kier molecular flexibility index (Phi) is 34.2. The molecule has 7 spiro atoms. The van der Waals surface area contributed by atoms with Crippen molar-refractivity contribution in [3.05, 3.63) is 0 Å². The van der Waals surface area contributed by atoms with Gasteiger partial charge in [-0.2, -0.15) is 25.3 Å². The second-order valence-electron chi connectivity index (χ2n) is 39.0. The molecule has 14 rings (SSSR count). The van der Waals surface area contributed by atoms with Crippen molar-refractivity contribution < 1.29 is 81.8 Å². The maximum absolute atomic E-state index is 12.5. The first kappa shape index (κ1) is 97.0. The quantitative estimate of drug-likeness (QED) is 0.0469. The molecule has 0 bridgehead atoms. The second kappa shape index (κ2) is 41.6. The number of aliphatic hydroxyl groups is 1. The summed E-state index contributed by atoms with van der Waals surface area (Å²) in [5.74, 6) is 4.04. The van der Waals surface area contributed by atoms with Crippen molar-refractivity contribution in [2.45, 2.75) is 331 Å². The molecule has 118 heavy (non-hydrogen) atoms. The van der Waals surface area contributed by atoms with E-state index in [0.29, 0.717) is 81.7 Å². The van der Waals surface area contributed by atoms with Crippen LogP contribution >= 0.6 is 25.3 Å². The van der Waals surface area contributed by atoms with Crippen molar-refractivity contribution >= 4 is 119 Å². The number of β-lactam (4-membered cyclic amide) rings is 7. The monoisotopic (exact) mass is 1690 g/mol. The molecular weight excluding hydrogens is 1540 g/mol. The molecule has 26 nitrogen and oxygen atoms in total. The molecule has 662 valence electrons. The van der Waals surface area contributed by atoms with Crippen molar-refractivity contribution in [1.29, 1.82) is 0 Å². The van der Waals surface area contributed by atoms with Crippen LogP contribution in [0.1, 0.15) is 301 Å². The number of amides is 9. The van der Waals surface area contributed by atoms with E-state index in [0.717, 1.165) is 192 Å². The summed E-state index contributed by atoms with van der Waals surface area (Å²) < 4.78 is 0. The van der Waals surface area contributed by atoms with E-state index >= 15 is 0 Å². The third kappa shape index (κ3) is 22.3. The summed E-state index contributed by atoms with van der Waals surface area (Å²) in [6.45, 7) is 25.0. The Morgan fingerprint density at radius 2 is 0.534 bits per heavy atom. The Morgan fingerprint density at radius 3 is 0.720 bits per heavy atom. The smallest absolute Gasteiger partial charge is 0.240 e. The highest BCUT2D eigenvalue weighted by molar-refractivity contribution is 7.80. The molecular formula is C90H143N9O17S2. The number of rotatable bonds is 23. The lowest BCUT2D eigenvalue weighted by Gasteiger charge is -2.53. The van der Waals surface area contributed by atoms with Crippen molar-refractivity contribution in [2.24, 2.45) is 73.0 Å². The van der Waals surface area contributed by atoms with Crippen molar-refractivity contribution in [3.8, 4) is 0 Å². The normalized spacial score (nSPS) is 29.8. The van der Waals surface area contributed by atoms with Gasteiger partial charge in [0.1, 0.15) is 41.3 Å². The molecule has 7 saturated carbocycles. The molecule has 0 aromatic carbocycles. The van der Waals surface area contributed by atoms with Gasteiger partial charge in [0.15, 0.2) is 17.3 Å². The Bertz CT molecular complexity index is 3600. The van der Waals surface area contributed by atoms with E-state index in [2.05, 4.69) is 53.0 Å². The highest BCUT2D eigenvalue weighted by Crippen LogP contribution is 2.53. The Morgan fingerprint density at radius 1 is 0.322 bits per heavy atom. The first-order valence-corrected chi connectivity index (χ1v) is 45.9. The fourth-order valence-electron chi connectivity index (χ4n) is 21.4. The Hall–Kier alpha value is -6.42. The van der Waals surface area contributed by atoms with Crippen molar-refractivity contribution in [1.82, 2.24) is 34.3 Å². The number of ketones is 7. The molecule has 5 atom stereocenters. The molecule has 7 aliphatic heterocycles. The molecule has 9 amide bonds. The first-order valence-electron chi connectivity index (χ1n) is 44.6. The number of hydrogen-bond acceptors (Lipinski definition) is 19. The van der Waals surface area contributed by atoms with E-state index in [1.165, 1.54) is 65.7 Å². The van der Waals surface area contributed by atoms with Gasteiger partial charge in [-0.3, -0.25) is 67.1 Å². The summed E-state index contributed by atoms with van der Waals surface area (Å²) >= 11 is 8.34. The maximum atomic E-state index is 12.5. The molecule has 7 saturated heterocycles. The van der Waals surface area contributed by atoms with Gasteiger partial charge < -0.3 is 60.5 Å². The summed E-state index contributed by atoms with van der Waals surface area (Å²) in [6.07, 6.45) is 34.6. The van der Waals surface area contributed by atoms with Gasteiger partial charge in [-0.25, -0.2) is 0 Å². The number of nitrogens with zero attached hydrogens (tertiary/aromatic N) is 7. The Balaban J connectivity index is 0.000000172. The number of carbonyl (C=O) groups excluding carboxylic acids is 16. The fourth-order valence-corrected chi connectivity index (χ4v) is 22.3. The van der Waals surface area contributed by atoms with E-state index in [4.69, 9.17) is 16.6 Å². The van der Waals surface area contributed by atoms with Crippen LogP contribution in [0.25, 0.3) is 0 Å². The van der Waals surface area contributed by atoms with Crippen LogP contribution in [0.15, 0.2) is 0 Å². The van der Waals surface area contributed by atoms with Crippen LogP contribution in [0.3, 0.4) is 0 Å². The van der Waals surface area contributed by atoms with Gasteiger partial charge >= 0.3 is 0 Å². The molecule has 0 aromatic heterocycles. The summed E-state index contributed by atoms with van der Waals surface area (Å²) in [4.78, 5) is 198. The molecule has 28 heteroatoms. The van der Waals surface area contributed by atoms with Gasteiger partial charge in [0.2, 0.25) is 53.2 Å². The molecule has 0 radical (unpaired) electrons. The van der Waals surface area contributed by atoms with Gasteiger partial charge in [0.25, 0.3) is 0 Å². The summed E-state index contributed by atoms with van der Waals surface area (Å²) in [6, 6.07) is -2.45. The lowest BCUT2D eigenvalue weighted by molar-refractivity contribution is -0.172. The van der Waals surface area contributed by atoms with Gasteiger partial charge in [0.05, 0.1) is 69.7 Å². The third-order valence-corrected chi connectivity index (χ3v) is 30.3. The van der Waals surface area contributed by atoms with E-state index in [-0.39, 0.29) is 138 Å². The molecule has 7 aliphatic carbocycles. The average Bonchev–Trinajstić information content (AvgIpc) is 0.513. The minimum Gasteiger partial charge on any atom is -0.394 e. The number of nitrogens with two attached hydrogens (primary N) is 2. The van der Waals surface area contributed by atoms with Crippen LogP contribution in [-0.2, 0) is 76.7 Å². The van der Waals surface area contributed by atoms with E-state index < -0.39 is 29.9 Å². The maximum Gasteiger partial charge on any atom is 0.240 e. The summed E-state index contributed by atoms with van der Waals surface area (Å²) in [5.41, 5.74) is 9.76. The van der Waals surface area contributed by atoms with E-state index in [1.807, 2.05) is 0 Å². The van der Waals surface area contributed by atoms with Crippen molar-refractivity contribution in [3.63, 3.8) is 0 Å². The number of carbonyl (C=O) groups is 16. The number of aliphatic hydroxyl groups excluding tert-OH is 1. The SMILES string of the molecule is CC(=O)C(CO)N1CC2(CCC(C)CC2)C1=O.CC(=O)C(CS)N1CC2(CCC(C)CC2)C1=O.CC(=O)C(CS)N1CC2(CCCCC2)C1=O.CC(=O)CCC(C(N)=O)N1CC2(CCC(C)CC2)C1=O.CC(=O)CCC(C(N)=O)N1CC2(CCCCC2)C1=O.CC(=O)CN1CC2(CCC(C)CC2)C1=O.CC(=O)CN1CC2(CCCCC2)C1=O. The van der Waals surface area contributed by atoms with Gasteiger partial charge in [0, 0.05) is 70.2 Å². The number of thiol groups is 2. The molecule has 0 aromatic rings. The molecule has 7 heterocycles. The van der Waals surface area contributed by atoms with Crippen LogP contribution in [0, 0.1) is 61.6 Å². The highest BCUT2D eigenvalue weighted by atomic mass is 32.1. The van der Waals surface area contributed by atoms with Crippen molar-refractivity contribution in [2.75, 3.05) is 77.0 Å². The van der Waals surface area contributed by atoms with Crippen LogP contribution in [0.5, 0.6) is 0 Å². The first-order chi connectivity index (χ1) is 55.6. The number of Topliss-reactive ketones (excluding diaryl/α,β-unsaturated/α-hetero) is 7. The lowest BCUT2D eigenvalue weighted by Crippen LogP contribution is -2.67. The number of likely N-dealkylation sites (tertiary alicyclic amines) is 7. The summed E-state index contributed by atoms with van der Waals surface area (Å²) in [7, 11) is 0. The predicted molar refractivity (Wildman–Crippen MR) is 454 cm³/mol. The molecule has 5 unspecified atom stereocenters. The highest BCUT2D eigenvalue weighted by Gasteiger charge is 2.61. The summed E-state index contributed by atoms with van der Waals surface area (Å²) in [5, 5.41) is 9.16. The molecule has 5 N–H and O–H groups in total. The topological polar surface area (TPSA) is 368 Å². The van der Waals surface area contributed by atoms with E-state index in [9.17, 15) is 76.7 Å². The predicted octanol–water partition coefficient (Wildman–Crippen LogP) is 9.79. The van der Waals surface area contributed by atoms with Gasteiger partial charge in [-0.05, 0) is 226 Å². The lowest BCUT2D eigenvalue weighted by atomic mass is 9.65. The minimum absolute atomic E-state index is 0.0189. The third-order valence-electron chi connectivity index (χ3n) is 29.6. The zero-order valence-corrected chi connectivity index (χ0v) is 74.9. The zero-order chi connectivity index (χ0) is 87.2. The van der Waals surface area contributed by atoms with Crippen LogP contribution in [-0.4, -0.2) is 240 Å².